The van der Waals surface area contributed by atoms with Gasteiger partial charge in [-0.2, -0.15) is 0 Å². The molecule has 0 radical (unpaired) electrons. The molecule has 230 valence electrons. The lowest BCUT2D eigenvalue weighted by atomic mass is 10.1. The van der Waals surface area contributed by atoms with Crippen LogP contribution in [0.1, 0.15) is 29.3 Å². The number of hydrogen-bond donors (Lipinski definition) is 4. The van der Waals surface area contributed by atoms with Crippen molar-refractivity contribution in [1.82, 2.24) is 5.32 Å². The molecule has 1 atom stereocenters. The number of hydrogen-bond acceptors (Lipinski definition) is 8. The zero-order valence-electron chi connectivity index (χ0n) is 24.4. The molecule has 4 aromatic carbocycles. The van der Waals surface area contributed by atoms with Gasteiger partial charge >= 0.3 is 0 Å². The van der Waals surface area contributed by atoms with Gasteiger partial charge in [-0.3, -0.25) is 24.5 Å². The fraction of sp³-hybridized carbons (Fsp3) is 0.121. The molecule has 12 heteroatoms. The van der Waals surface area contributed by atoms with Crippen LogP contribution < -0.4 is 20.7 Å². The number of nitrogens with zero attached hydrogens (tertiary/aromatic N) is 1. The quantitative estimate of drug-likeness (QED) is 0.0623. The minimum Gasteiger partial charge on any atom is -0.508 e. The number of aromatic hydroxyl groups is 1. The van der Waals surface area contributed by atoms with Crippen LogP contribution in [-0.4, -0.2) is 40.1 Å². The van der Waals surface area contributed by atoms with Crippen molar-refractivity contribution in [3.8, 4) is 11.5 Å². The lowest BCUT2D eigenvalue weighted by Gasteiger charge is -2.16. The molecule has 0 aliphatic rings. The summed E-state index contributed by atoms with van der Waals surface area (Å²) in [7, 11) is 1.42. The van der Waals surface area contributed by atoms with Crippen molar-refractivity contribution in [2.24, 2.45) is 0 Å². The van der Waals surface area contributed by atoms with E-state index in [0.29, 0.717) is 39.6 Å². The zero-order valence-corrected chi connectivity index (χ0v) is 25.2. The number of ether oxygens (including phenoxy) is 1. The summed E-state index contributed by atoms with van der Waals surface area (Å²) in [5.41, 5.74) is 1.52. The Morgan fingerprint density at radius 2 is 1.67 bits per heavy atom. The Hall–Kier alpha value is -5.62. The standard InChI is InChI=1S/C33H30N4O7S/c1-3-30(33(41)34-23-13-15-25(16-14-23)37(42)43)45-27-11-7-10-24(19-27)35-32(40)28(36-31(39)21-8-5-4-6-9-21)18-22-12-17-26(38)20-29(22)44-2/h4-20,30,38H,3H2,1-2H3,(H,34,41)(H,35,40)(H,36,39)/b28-18+. The van der Waals surface area contributed by atoms with Crippen LogP contribution in [0.2, 0.25) is 0 Å². The minimum absolute atomic E-state index is 0.0237. The third kappa shape index (κ3) is 8.94. The molecule has 3 amide bonds. The number of carbonyl (C=O) groups excluding carboxylic acids is 3. The summed E-state index contributed by atoms with van der Waals surface area (Å²) in [6.45, 7) is 1.86. The first kappa shape index (κ1) is 32.3. The minimum atomic E-state index is -0.612. The second-order valence-corrected chi connectivity index (χ2v) is 10.9. The third-order valence-corrected chi connectivity index (χ3v) is 7.78. The van der Waals surface area contributed by atoms with E-state index in [0.717, 1.165) is 0 Å². The molecule has 0 fully saturated rings. The van der Waals surface area contributed by atoms with E-state index in [1.165, 1.54) is 61.3 Å². The van der Waals surface area contributed by atoms with Gasteiger partial charge in [0.25, 0.3) is 17.5 Å². The van der Waals surface area contributed by atoms with Crippen LogP contribution in [0.15, 0.2) is 108 Å². The van der Waals surface area contributed by atoms with E-state index in [9.17, 15) is 29.6 Å². The fourth-order valence-electron chi connectivity index (χ4n) is 4.14. The van der Waals surface area contributed by atoms with E-state index >= 15 is 0 Å². The molecule has 0 aliphatic carbocycles. The monoisotopic (exact) mass is 626 g/mol. The molecule has 0 saturated heterocycles. The highest BCUT2D eigenvalue weighted by Crippen LogP contribution is 2.30. The average Bonchev–Trinajstić information content (AvgIpc) is 3.04. The number of benzene rings is 4. The first-order valence-electron chi connectivity index (χ1n) is 13.7. The van der Waals surface area contributed by atoms with Gasteiger partial charge < -0.3 is 25.8 Å². The maximum absolute atomic E-state index is 13.5. The van der Waals surface area contributed by atoms with Crippen molar-refractivity contribution in [1.29, 1.82) is 0 Å². The second-order valence-electron chi connectivity index (χ2n) is 9.59. The predicted molar refractivity (Wildman–Crippen MR) is 173 cm³/mol. The first-order valence-corrected chi connectivity index (χ1v) is 14.6. The van der Waals surface area contributed by atoms with Gasteiger partial charge in [-0.1, -0.05) is 31.2 Å². The number of nitro groups is 1. The van der Waals surface area contributed by atoms with Gasteiger partial charge in [0, 0.05) is 45.6 Å². The number of phenolic OH excluding ortho intramolecular Hbond substituents is 1. The summed E-state index contributed by atoms with van der Waals surface area (Å²) in [4.78, 5) is 50.6. The molecule has 4 N–H and O–H groups in total. The summed E-state index contributed by atoms with van der Waals surface area (Å²) in [6.07, 6.45) is 1.94. The van der Waals surface area contributed by atoms with Crippen molar-refractivity contribution in [2.45, 2.75) is 23.5 Å². The Morgan fingerprint density at radius 1 is 0.933 bits per heavy atom. The summed E-state index contributed by atoms with van der Waals surface area (Å²) in [6, 6.07) is 25.3. The summed E-state index contributed by atoms with van der Waals surface area (Å²) in [5.74, 6) is -1.11. The van der Waals surface area contributed by atoms with Gasteiger partial charge in [-0.25, -0.2) is 0 Å². The number of carbonyl (C=O) groups is 3. The molecule has 4 aromatic rings. The number of non-ortho nitro benzene ring substituents is 1. The largest absolute Gasteiger partial charge is 0.508 e. The lowest BCUT2D eigenvalue weighted by Crippen LogP contribution is -2.30. The lowest BCUT2D eigenvalue weighted by molar-refractivity contribution is -0.384. The van der Waals surface area contributed by atoms with Crippen LogP contribution in [-0.2, 0) is 9.59 Å². The number of amides is 3. The molecule has 45 heavy (non-hydrogen) atoms. The molecule has 0 aliphatic heterocycles. The second kappa shape index (κ2) is 15.2. The van der Waals surface area contributed by atoms with Gasteiger partial charge in [0.2, 0.25) is 5.91 Å². The molecule has 0 heterocycles. The van der Waals surface area contributed by atoms with E-state index in [-0.39, 0.29) is 23.0 Å². The SMILES string of the molecule is CCC(Sc1cccc(NC(=O)/C(=C\c2ccc(O)cc2OC)NC(=O)c2ccccc2)c1)C(=O)Nc1ccc([N+](=O)[O-])cc1. The number of nitrogens with one attached hydrogen (secondary N) is 3. The Labute approximate surface area is 263 Å². The third-order valence-electron chi connectivity index (χ3n) is 6.42. The van der Waals surface area contributed by atoms with E-state index in [1.807, 2.05) is 6.92 Å². The first-order chi connectivity index (χ1) is 21.7. The number of nitro benzene ring substituents is 1. The summed E-state index contributed by atoms with van der Waals surface area (Å²) >= 11 is 1.29. The van der Waals surface area contributed by atoms with Gasteiger partial charge in [-0.05, 0) is 67.1 Å². The maximum atomic E-state index is 13.5. The molecule has 11 nitrogen and oxygen atoms in total. The van der Waals surface area contributed by atoms with Crippen molar-refractivity contribution in [3.05, 3.63) is 124 Å². The number of methoxy groups -OCH3 is 1. The predicted octanol–water partition coefficient (Wildman–Crippen LogP) is 6.23. The topological polar surface area (TPSA) is 160 Å². The van der Waals surface area contributed by atoms with Gasteiger partial charge in [0.15, 0.2) is 0 Å². The highest BCUT2D eigenvalue weighted by atomic mass is 32.2. The molecule has 4 rings (SSSR count). The molecule has 0 spiro atoms. The van der Waals surface area contributed by atoms with Crippen LogP contribution in [0.4, 0.5) is 17.1 Å². The Kier molecular flexibility index (Phi) is 10.9. The number of thioether (sulfide) groups is 1. The molecule has 0 bridgehead atoms. The Morgan fingerprint density at radius 3 is 2.33 bits per heavy atom. The number of rotatable bonds is 12. The molecule has 0 aromatic heterocycles. The van der Waals surface area contributed by atoms with Crippen LogP contribution >= 0.6 is 11.8 Å². The Balaban J connectivity index is 1.52. The molecular formula is C33H30N4O7S. The van der Waals surface area contributed by atoms with Crippen molar-refractivity contribution < 1.29 is 29.2 Å². The van der Waals surface area contributed by atoms with E-state index < -0.39 is 22.0 Å². The van der Waals surface area contributed by atoms with Crippen LogP contribution in [0.5, 0.6) is 11.5 Å². The summed E-state index contributed by atoms with van der Waals surface area (Å²) < 4.78 is 5.34. The van der Waals surface area contributed by atoms with E-state index in [2.05, 4.69) is 16.0 Å². The van der Waals surface area contributed by atoms with Crippen LogP contribution in [0, 0.1) is 10.1 Å². The fourth-order valence-corrected chi connectivity index (χ4v) is 5.15. The zero-order chi connectivity index (χ0) is 32.3. The van der Waals surface area contributed by atoms with Gasteiger partial charge in [0.1, 0.15) is 17.2 Å². The Bertz CT molecular complexity index is 1730. The van der Waals surface area contributed by atoms with Crippen LogP contribution in [0.3, 0.4) is 0 Å². The molecular weight excluding hydrogens is 596 g/mol. The van der Waals surface area contributed by atoms with E-state index in [1.54, 1.807) is 60.7 Å². The smallest absolute Gasteiger partial charge is 0.272 e. The highest BCUT2D eigenvalue weighted by Gasteiger charge is 2.20. The van der Waals surface area contributed by atoms with Gasteiger partial charge in [0.05, 0.1) is 17.3 Å². The highest BCUT2D eigenvalue weighted by molar-refractivity contribution is 8.00. The maximum Gasteiger partial charge on any atom is 0.272 e. The average molecular weight is 627 g/mol. The number of phenols is 1. The van der Waals surface area contributed by atoms with E-state index in [4.69, 9.17) is 4.74 Å². The normalized spacial score (nSPS) is 11.6. The van der Waals surface area contributed by atoms with Crippen LogP contribution in [0.25, 0.3) is 6.08 Å². The molecule has 1 unspecified atom stereocenters. The molecule has 0 saturated carbocycles. The van der Waals surface area contributed by atoms with Crippen molar-refractivity contribution in [3.63, 3.8) is 0 Å². The van der Waals surface area contributed by atoms with Gasteiger partial charge in [-0.15, -0.1) is 11.8 Å². The summed E-state index contributed by atoms with van der Waals surface area (Å²) in [5, 5.41) is 28.5. The van der Waals surface area contributed by atoms with Crippen molar-refractivity contribution >= 4 is 52.6 Å². The van der Waals surface area contributed by atoms with Crippen molar-refractivity contribution in [2.75, 3.05) is 17.7 Å². The number of anilines is 2.